The zero-order valence-electron chi connectivity index (χ0n) is 11.5. The molecular weight excluding hydrogens is 306 g/mol. The van der Waals surface area contributed by atoms with Gasteiger partial charge in [0.25, 0.3) is 5.91 Å². The van der Waals surface area contributed by atoms with E-state index >= 15 is 0 Å². The van der Waals surface area contributed by atoms with Crippen molar-refractivity contribution in [3.8, 4) is 5.75 Å². The third-order valence-electron chi connectivity index (χ3n) is 3.83. The van der Waals surface area contributed by atoms with E-state index in [0.717, 1.165) is 17.3 Å². The number of rotatable bonds is 3. The Morgan fingerprint density at radius 1 is 1.32 bits per heavy atom. The Balaban J connectivity index is 2.20. The van der Waals surface area contributed by atoms with Crippen LogP contribution in [-0.4, -0.2) is 31.0 Å². The number of hydrogen-bond donors (Lipinski definition) is 0. The van der Waals surface area contributed by atoms with Crippen LogP contribution in [0.3, 0.4) is 0 Å². The summed E-state index contributed by atoms with van der Waals surface area (Å²) in [6.07, 6.45) is 5.95. The summed E-state index contributed by atoms with van der Waals surface area (Å²) < 4.78 is 6.19. The maximum absolute atomic E-state index is 12.6. The number of ether oxygens (including phenoxy) is 1. The van der Waals surface area contributed by atoms with Crippen molar-refractivity contribution in [3.63, 3.8) is 0 Å². The second-order valence-corrected chi connectivity index (χ2v) is 5.97. The Hall–Kier alpha value is -1.03. The molecule has 1 aromatic rings. The Morgan fingerprint density at radius 3 is 2.63 bits per heavy atom. The van der Waals surface area contributed by atoms with E-state index in [1.807, 2.05) is 30.1 Å². The zero-order valence-corrected chi connectivity index (χ0v) is 13.1. The van der Waals surface area contributed by atoms with Crippen LogP contribution in [0.4, 0.5) is 0 Å². The molecular formula is C15H20BrNO2. The van der Waals surface area contributed by atoms with Gasteiger partial charge in [0.2, 0.25) is 0 Å². The van der Waals surface area contributed by atoms with Crippen molar-refractivity contribution in [3.05, 3.63) is 28.2 Å². The summed E-state index contributed by atoms with van der Waals surface area (Å²) in [6.45, 7) is 0. The minimum atomic E-state index is 0.0463. The van der Waals surface area contributed by atoms with E-state index in [-0.39, 0.29) is 5.91 Å². The van der Waals surface area contributed by atoms with Crippen molar-refractivity contribution < 1.29 is 9.53 Å². The molecule has 0 saturated heterocycles. The van der Waals surface area contributed by atoms with E-state index in [4.69, 9.17) is 4.74 Å². The maximum Gasteiger partial charge on any atom is 0.257 e. The molecule has 0 aromatic heterocycles. The Bertz CT molecular complexity index is 455. The lowest BCUT2D eigenvalue weighted by molar-refractivity contribution is 0.0693. The normalized spacial score (nSPS) is 16.2. The summed E-state index contributed by atoms with van der Waals surface area (Å²) in [6, 6.07) is 5.91. The summed E-state index contributed by atoms with van der Waals surface area (Å²) >= 11 is 3.41. The molecule has 0 atom stereocenters. The van der Waals surface area contributed by atoms with Gasteiger partial charge in [0, 0.05) is 17.6 Å². The quantitative estimate of drug-likeness (QED) is 0.844. The Morgan fingerprint density at radius 2 is 2.00 bits per heavy atom. The molecule has 0 bridgehead atoms. The van der Waals surface area contributed by atoms with Gasteiger partial charge in [-0.1, -0.05) is 35.2 Å². The number of carbonyl (C=O) groups excluding carboxylic acids is 1. The first-order valence-corrected chi connectivity index (χ1v) is 7.53. The van der Waals surface area contributed by atoms with Gasteiger partial charge in [-0.25, -0.2) is 0 Å². The van der Waals surface area contributed by atoms with E-state index in [1.165, 1.54) is 19.3 Å². The maximum atomic E-state index is 12.6. The molecule has 1 fully saturated rings. The fourth-order valence-corrected chi connectivity index (χ4v) is 3.03. The van der Waals surface area contributed by atoms with Gasteiger partial charge in [-0.2, -0.15) is 0 Å². The second kappa shape index (κ2) is 6.42. The molecule has 0 radical (unpaired) electrons. The van der Waals surface area contributed by atoms with Gasteiger partial charge in [-0.05, 0) is 31.0 Å². The molecule has 3 nitrogen and oxygen atoms in total. The number of amides is 1. The fraction of sp³-hybridized carbons (Fsp3) is 0.533. The van der Waals surface area contributed by atoms with Crippen LogP contribution in [0.5, 0.6) is 5.75 Å². The predicted octanol–water partition coefficient (Wildman–Crippen LogP) is 3.86. The van der Waals surface area contributed by atoms with Crippen LogP contribution in [-0.2, 0) is 0 Å². The summed E-state index contributed by atoms with van der Waals surface area (Å²) in [7, 11) is 3.50. The first-order chi connectivity index (χ1) is 9.13. The van der Waals surface area contributed by atoms with E-state index < -0.39 is 0 Å². The highest BCUT2D eigenvalue weighted by atomic mass is 79.9. The Kier molecular flexibility index (Phi) is 4.86. The lowest BCUT2D eigenvalue weighted by Gasteiger charge is -2.31. The molecule has 1 aliphatic carbocycles. The highest BCUT2D eigenvalue weighted by Gasteiger charge is 2.25. The first-order valence-electron chi connectivity index (χ1n) is 6.74. The lowest BCUT2D eigenvalue weighted by atomic mass is 9.94. The van der Waals surface area contributed by atoms with Crippen molar-refractivity contribution in [2.24, 2.45) is 0 Å². The molecule has 1 aliphatic rings. The highest BCUT2D eigenvalue weighted by Crippen LogP contribution is 2.27. The van der Waals surface area contributed by atoms with Crippen molar-refractivity contribution >= 4 is 21.8 Å². The third kappa shape index (κ3) is 3.30. The molecule has 0 unspecified atom stereocenters. The number of hydrogen-bond acceptors (Lipinski definition) is 2. The van der Waals surface area contributed by atoms with E-state index in [0.29, 0.717) is 17.4 Å². The van der Waals surface area contributed by atoms with Crippen LogP contribution in [0.2, 0.25) is 0 Å². The van der Waals surface area contributed by atoms with Crippen molar-refractivity contribution in [1.29, 1.82) is 0 Å². The molecule has 0 aliphatic heterocycles. The van der Waals surface area contributed by atoms with Gasteiger partial charge < -0.3 is 9.64 Å². The molecule has 19 heavy (non-hydrogen) atoms. The Labute approximate surface area is 123 Å². The molecule has 4 heteroatoms. The van der Waals surface area contributed by atoms with Crippen LogP contribution >= 0.6 is 15.9 Å². The van der Waals surface area contributed by atoms with E-state index in [2.05, 4.69) is 15.9 Å². The van der Waals surface area contributed by atoms with E-state index in [1.54, 1.807) is 7.11 Å². The van der Waals surface area contributed by atoms with Crippen LogP contribution in [0.1, 0.15) is 42.5 Å². The molecule has 0 heterocycles. The van der Waals surface area contributed by atoms with Crippen LogP contribution in [0, 0.1) is 0 Å². The number of methoxy groups -OCH3 is 1. The number of halogens is 1. The van der Waals surface area contributed by atoms with Crippen LogP contribution in [0.25, 0.3) is 0 Å². The molecule has 0 spiro atoms. The largest absolute Gasteiger partial charge is 0.496 e. The molecule has 1 aromatic carbocycles. The minimum Gasteiger partial charge on any atom is -0.496 e. The van der Waals surface area contributed by atoms with Gasteiger partial charge in [-0.15, -0.1) is 0 Å². The van der Waals surface area contributed by atoms with Gasteiger partial charge in [0.1, 0.15) is 5.75 Å². The summed E-state index contributed by atoms with van der Waals surface area (Å²) in [5.41, 5.74) is 0.630. The molecule has 2 rings (SSSR count). The zero-order chi connectivity index (χ0) is 13.8. The average molecular weight is 326 g/mol. The number of nitrogens with zero attached hydrogens (tertiary/aromatic N) is 1. The molecule has 1 saturated carbocycles. The number of carbonyl (C=O) groups is 1. The first kappa shape index (κ1) is 14.4. The number of benzene rings is 1. The van der Waals surface area contributed by atoms with Crippen molar-refractivity contribution in [2.75, 3.05) is 14.2 Å². The fourth-order valence-electron chi connectivity index (χ4n) is 2.67. The smallest absolute Gasteiger partial charge is 0.257 e. The molecule has 104 valence electrons. The highest BCUT2D eigenvalue weighted by molar-refractivity contribution is 9.10. The second-order valence-electron chi connectivity index (χ2n) is 5.05. The molecule has 1 amide bonds. The van der Waals surface area contributed by atoms with Gasteiger partial charge in [-0.3, -0.25) is 4.79 Å². The van der Waals surface area contributed by atoms with Gasteiger partial charge >= 0.3 is 0 Å². The SMILES string of the molecule is COc1ccc(Br)cc1C(=O)N(C)C1CCCCC1. The van der Waals surface area contributed by atoms with Gasteiger partial charge in [0.15, 0.2) is 0 Å². The van der Waals surface area contributed by atoms with Crippen LogP contribution < -0.4 is 4.74 Å². The minimum absolute atomic E-state index is 0.0463. The molecule has 0 N–H and O–H groups in total. The van der Waals surface area contributed by atoms with Crippen molar-refractivity contribution in [2.45, 2.75) is 38.1 Å². The lowest BCUT2D eigenvalue weighted by Crippen LogP contribution is -2.38. The topological polar surface area (TPSA) is 29.5 Å². The van der Waals surface area contributed by atoms with Crippen LogP contribution in [0.15, 0.2) is 22.7 Å². The average Bonchev–Trinajstić information content (AvgIpc) is 2.46. The standard InChI is InChI=1S/C15H20BrNO2/c1-17(12-6-4-3-5-7-12)15(18)13-10-11(16)8-9-14(13)19-2/h8-10,12H,3-7H2,1-2H3. The summed E-state index contributed by atoms with van der Waals surface area (Å²) in [4.78, 5) is 14.5. The monoisotopic (exact) mass is 325 g/mol. The predicted molar refractivity (Wildman–Crippen MR) is 79.7 cm³/mol. The summed E-state index contributed by atoms with van der Waals surface area (Å²) in [5.74, 6) is 0.681. The van der Waals surface area contributed by atoms with Crippen molar-refractivity contribution in [1.82, 2.24) is 4.90 Å². The summed E-state index contributed by atoms with van der Waals surface area (Å²) in [5, 5.41) is 0. The van der Waals surface area contributed by atoms with E-state index in [9.17, 15) is 4.79 Å². The third-order valence-corrected chi connectivity index (χ3v) is 4.33. The van der Waals surface area contributed by atoms with Gasteiger partial charge in [0.05, 0.1) is 12.7 Å².